The van der Waals surface area contributed by atoms with Gasteiger partial charge >= 0.3 is 19.5 Å². The topological polar surface area (TPSA) is 105 Å². The molecule has 3 aromatic rings. The van der Waals surface area contributed by atoms with Crippen LogP contribution in [0.4, 0.5) is 13.6 Å². The fraction of sp³-hybridized carbons (Fsp3) is 0.500. The smallest absolute Gasteiger partial charge is 0.444 e. The number of hydrogen-bond acceptors (Lipinski definition) is 8. The molecule has 1 aromatic heterocycles. The first-order valence-electron chi connectivity index (χ1n) is 17.2. The third kappa shape index (κ3) is 7.88. The van der Waals surface area contributed by atoms with Crippen molar-refractivity contribution < 1.29 is 41.9 Å². The van der Waals surface area contributed by atoms with Gasteiger partial charge in [-0.3, -0.25) is 4.79 Å². The molecular weight excluding hydrogens is 681 g/mol. The molecule has 0 bridgehead atoms. The van der Waals surface area contributed by atoms with Crippen LogP contribution in [0.2, 0.25) is 5.15 Å². The van der Waals surface area contributed by atoms with Gasteiger partial charge in [-0.2, -0.15) is 0 Å². The normalized spacial score (nSPS) is 20.9. The van der Waals surface area contributed by atoms with Crippen molar-refractivity contribution in [3.8, 4) is 11.5 Å². The summed E-state index contributed by atoms with van der Waals surface area (Å²) in [4.78, 5) is 29.3. The highest BCUT2D eigenvalue weighted by Crippen LogP contribution is 2.53. The number of pyridine rings is 1. The van der Waals surface area contributed by atoms with Crippen LogP contribution in [0, 0.1) is 6.92 Å². The van der Waals surface area contributed by atoms with Crippen molar-refractivity contribution in [2.75, 3.05) is 0 Å². The molecule has 51 heavy (non-hydrogen) atoms. The number of aromatic nitrogens is 1. The Balaban J connectivity index is 0.000000176. The fourth-order valence-electron chi connectivity index (χ4n) is 6.15. The number of ketones is 1. The van der Waals surface area contributed by atoms with E-state index in [1.54, 1.807) is 12.1 Å². The Morgan fingerprint density at radius 2 is 1.55 bits per heavy atom. The molecule has 2 aromatic carbocycles. The Bertz CT molecular complexity index is 1840. The number of ether oxygens (including phenoxy) is 3. The summed E-state index contributed by atoms with van der Waals surface area (Å²) in [6.45, 7) is 15.6. The van der Waals surface area contributed by atoms with Gasteiger partial charge < -0.3 is 28.8 Å². The van der Waals surface area contributed by atoms with Crippen LogP contribution in [0.5, 0.6) is 11.5 Å². The van der Waals surface area contributed by atoms with E-state index < -0.39 is 24.4 Å². The molecule has 272 valence electrons. The summed E-state index contributed by atoms with van der Waals surface area (Å²) in [6.07, 6.45) is -0.758. The number of amides is 1. The van der Waals surface area contributed by atoms with Crippen LogP contribution < -0.4 is 20.3 Å². The van der Waals surface area contributed by atoms with E-state index in [2.05, 4.69) is 25.8 Å². The second-order valence-corrected chi connectivity index (χ2v) is 16.2. The number of halogens is 3. The lowest BCUT2D eigenvalue weighted by Crippen LogP contribution is -2.41. The summed E-state index contributed by atoms with van der Waals surface area (Å²) in [6, 6.07) is 16.2. The molecule has 3 fully saturated rings. The molecule has 2 saturated carbocycles. The van der Waals surface area contributed by atoms with E-state index in [9.17, 15) is 18.4 Å². The SMILES string of the molecule is CC(C)(C)OC(=O)NC1(c2cccc(B3OC(C)(C)C(C)(C)O3)c2)CC1.Cc1ccc(CC(=O)C2(c3ccc4c(c3)OC(F)(F)O4)CC2)nc1Cl. The maximum Gasteiger partial charge on any atom is 0.586 e. The zero-order valence-corrected chi connectivity index (χ0v) is 31.0. The Morgan fingerprint density at radius 3 is 2.14 bits per heavy atom. The van der Waals surface area contributed by atoms with Gasteiger partial charge in [-0.15, -0.1) is 8.78 Å². The standard InChI is InChI=1S/C20H30BNO4.C18H14ClF2NO3/c1-17(2,3)24-16(23)22-20(11-12-20)14-9-8-10-15(13-14)21-25-18(4,5)19(6,7)26-21;1-10-2-4-12(22-16(10)19)9-15(23)17(6-7-17)11-3-5-13-14(8-11)25-18(20,21)24-13/h8-10,13H,11-12H2,1-7H3,(H,22,23);2-5,8H,6-7,9H2,1H3. The molecule has 4 aliphatic rings. The Kier molecular flexibility index (Phi) is 9.25. The molecule has 1 N–H and O–H groups in total. The summed E-state index contributed by atoms with van der Waals surface area (Å²) in [5.74, 6) is -0.0763. The van der Waals surface area contributed by atoms with Crippen molar-refractivity contribution in [3.63, 3.8) is 0 Å². The predicted molar refractivity (Wildman–Crippen MR) is 189 cm³/mol. The van der Waals surface area contributed by atoms with Crippen molar-refractivity contribution >= 4 is 36.1 Å². The highest BCUT2D eigenvalue weighted by molar-refractivity contribution is 6.62. The van der Waals surface area contributed by atoms with Gasteiger partial charge in [0, 0.05) is 12.1 Å². The average Bonchev–Trinajstić information content (AvgIpc) is 3.93. The van der Waals surface area contributed by atoms with Crippen molar-refractivity contribution in [1.82, 2.24) is 10.3 Å². The van der Waals surface area contributed by atoms with Crippen LogP contribution in [0.1, 0.15) is 96.5 Å². The van der Waals surface area contributed by atoms with Gasteiger partial charge in [0.2, 0.25) is 0 Å². The molecular formula is C38H44BClF2N2O7. The van der Waals surface area contributed by atoms with Crippen molar-refractivity contribution in [2.45, 2.75) is 122 Å². The van der Waals surface area contributed by atoms with Crippen LogP contribution in [0.3, 0.4) is 0 Å². The minimum absolute atomic E-state index is 0.00875. The van der Waals surface area contributed by atoms with E-state index in [1.165, 1.54) is 12.1 Å². The number of carbonyl (C=O) groups is 2. The summed E-state index contributed by atoms with van der Waals surface area (Å²) in [5, 5.41) is 3.42. The third-order valence-electron chi connectivity index (χ3n) is 10.1. The van der Waals surface area contributed by atoms with E-state index in [-0.39, 0.29) is 46.5 Å². The van der Waals surface area contributed by atoms with Crippen LogP contribution in [-0.4, -0.2) is 47.1 Å². The highest BCUT2D eigenvalue weighted by atomic mass is 35.5. The second-order valence-electron chi connectivity index (χ2n) is 15.8. The number of Topliss-reactive ketones (excluding diaryl/α,β-unsaturated/α-hetero) is 1. The molecule has 2 aliphatic heterocycles. The van der Waals surface area contributed by atoms with Gasteiger partial charge in [0.1, 0.15) is 16.5 Å². The summed E-state index contributed by atoms with van der Waals surface area (Å²) in [7, 11) is -0.405. The second kappa shape index (κ2) is 12.7. The summed E-state index contributed by atoms with van der Waals surface area (Å²) < 4.78 is 52.9. The lowest BCUT2D eigenvalue weighted by atomic mass is 9.77. The molecule has 7 rings (SSSR count). The zero-order valence-electron chi connectivity index (χ0n) is 30.2. The van der Waals surface area contributed by atoms with E-state index in [0.29, 0.717) is 29.3 Å². The monoisotopic (exact) mass is 724 g/mol. The minimum Gasteiger partial charge on any atom is -0.444 e. The van der Waals surface area contributed by atoms with Crippen molar-refractivity contribution in [1.29, 1.82) is 0 Å². The van der Waals surface area contributed by atoms with Crippen molar-refractivity contribution in [3.05, 3.63) is 82.1 Å². The number of nitrogens with zero attached hydrogens (tertiary/aromatic N) is 1. The van der Waals surface area contributed by atoms with E-state index in [4.69, 9.17) is 25.6 Å². The minimum atomic E-state index is -3.66. The van der Waals surface area contributed by atoms with Gasteiger partial charge in [-0.05, 0) is 121 Å². The lowest BCUT2D eigenvalue weighted by Gasteiger charge is -2.32. The van der Waals surface area contributed by atoms with Crippen molar-refractivity contribution in [2.24, 2.45) is 0 Å². The first kappa shape index (κ1) is 37.0. The maximum absolute atomic E-state index is 13.2. The number of aryl methyl sites for hydroxylation is 1. The number of hydrogen-bond donors (Lipinski definition) is 1. The van der Waals surface area contributed by atoms with E-state index in [0.717, 1.165) is 29.4 Å². The summed E-state index contributed by atoms with van der Waals surface area (Å²) in [5.41, 5.74) is 1.86. The molecule has 3 heterocycles. The van der Waals surface area contributed by atoms with Crippen LogP contribution in [0.15, 0.2) is 54.6 Å². The zero-order chi connectivity index (χ0) is 37.2. The molecule has 0 radical (unpaired) electrons. The number of rotatable bonds is 7. The Morgan fingerprint density at radius 1 is 0.902 bits per heavy atom. The van der Waals surface area contributed by atoms with Gasteiger partial charge in [-0.25, -0.2) is 9.78 Å². The molecule has 0 unspecified atom stereocenters. The first-order valence-corrected chi connectivity index (χ1v) is 17.5. The molecule has 1 amide bonds. The largest absolute Gasteiger partial charge is 0.586 e. The van der Waals surface area contributed by atoms with Gasteiger partial charge in [-0.1, -0.05) is 48.0 Å². The fourth-order valence-corrected chi connectivity index (χ4v) is 6.32. The first-order chi connectivity index (χ1) is 23.6. The number of alkyl halides is 2. The van der Waals surface area contributed by atoms with Gasteiger partial charge in [0.05, 0.1) is 22.2 Å². The third-order valence-corrected chi connectivity index (χ3v) is 10.5. The number of carbonyl (C=O) groups excluding carboxylic acids is 2. The van der Waals surface area contributed by atoms with E-state index in [1.807, 2.05) is 79.7 Å². The molecule has 1 saturated heterocycles. The molecule has 13 heteroatoms. The predicted octanol–water partition coefficient (Wildman–Crippen LogP) is 7.71. The molecule has 2 aliphatic carbocycles. The summed E-state index contributed by atoms with van der Waals surface area (Å²) >= 11 is 6.01. The molecule has 9 nitrogen and oxygen atoms in total. The van der Waals surface area contributed by atoms with Crippen LogP contribution in [0.25, 0.3) is 0 Å². The Labute approximate surface area is 302 Å². The molecule has 0 atom stereocenters. The number of nitrogens with one attached hydrogen (secondary N) is 1. The number of fused-ring (bicyclic) bond motifs is 1. The van der Waals surface area contributed by atoms with Gasteiger partial charge in [0.15, 0.2) is 11.5 Å². The van der Waals surface area contributed by atoms with Crippen LogP contribution >= 0.6 is 11.6 Å². The lowest BCUT2D eigenvalue weighted by molar-refractivity contribution is -0.286. The Hall–Kier alpha value is -3.74. The maximum atomic E-state index is 13.2. The van der Waals surface area contributed by atoms with E-state index >= 15 is 0 Å². The number of benzene rings is 2. The number of alkyl carbamates (subject to hydrolysis) is 1. The quantitative estimate of drug-likeness (QED) is 0.195. The highest BCUT2D eigenvalue weighted by Gasteiger charge is 2.54. The van der Waals surface area contributed by atoms with Crippen LogP contribution in [-0.2, 0) is 36.2 Å². The van der Waals surface area contributed by atoms with Gasteiger partial charge in [0.25, 0.3) is 0 Å². The molecule has 0 spiro atoms. The average molecular weight is 725 g/mol.